The molecule has 23 heavy (non-hydrogen) atoms. The van der Waals surface area contributed by atoms with E-state index >= 15 is 0 Å². The second kappa shape index (κ2) is 6.01. The summed E-state index contributed by atoms with van der Waals surface area (Å²) in [4.78, 5) is 0. The van der Waals surface area contributed by atoms with Crippen molar-refractivity contribution in [2.75, 3.05) is 0 Å². The molecular formula is C20H18FNO. The van der Waals surface area contributed by atoms with Crippen molar-refractivity contribution in [3.63, 3.8) is 0 Å². The first-order valence-corrected chi connectivity index (χ1v) is 7.95. The van der Waals surface area contributed by atoms with Gasteiger partial charge < -0.3 is 4.74 Å². The van der Waals surface area contributed by atoms with Crippen LogP contribution in [0.1, 0.15) is 17.5 Å². The fourth-order valence-electron chi connectivity index (χ4n) is 3.15. The molecule has 0 saturated heterocycles. The van der Waals surface area contributed by atoms with Crippen molar-refractivity contribution >= 4 is 10.8 Å². The lowest BCUT2D eigenvalue weighted by Crippen LogP contribution is -2.37. The number of hydrogen-bond acceptors (Lipinski definition) is 2. The van der Waals surface area contributed by atoms with E-state index in [2.05, 4.69) is 41.7 Å². The molecule has 0 amide bonds. The van der Waals surface area contributed by atoms with Crippen LogP contribution in [0.2, 0.25) is 0 Å². The van der Waals surface area contributed by atoms with Crippen LogP contribution < -0.4 is 10.1 Å². The largest absolute Gasteiger partial charge is 0.475 e. The summed E-state index contributed by atoms with van der Waals surface area (Å²) < 4.78 is 19.0. The average Bonchev–Trinajstić information content (AvgIpc) is 2.61. The van der Waals surface area contributed by atoms with E-state index in [4.69, 9.17) is 4.74 Å². The third-order valence-electron chi connectivity index (χ3n) is 4.37. The summed E-state index contributed by atoms with van der Waals surface area (Å²) in [5.74, 6) is 0.759. The molecule has 1 N–H and O–H groups in total. The third-order valence-corrected chi connectivity index (χ3v) is 4.37. The van der Waals surface area contributed by atoms with Gasteiger partial charge in [0.2, 0.25) is 0 Å². The van der Waals surface area contributed by atoms with Crippen molar-refractivity contribution < 1.29 is 9.13 Å². The van der Waals surface area contributed by atoms with Gasteiger partial charge in [0.1, 0.15) is 11.6 Å². The summed E-state index contributed by atoms with van der Waals surface area (Å²) in [6.07, 6.45) is 1.92. The van der Waals surface area contributed by atoms with Gasteiger partial charge in [-0.05, 0) is 41.0 Å². The van der Waals surface area contributed by atoms with Gasteiger partial charge in [0.15, 0.2) is 6.23 Å². The molecule has 3 heteroatoms. The third kappa shape index (κ3) is 2.92. The summed E-state index contributed by atoms with van der Waals surface area (Å²) >= 11 is 0. The first-order chi connectivity index (χ1) is 11.3. The van der Waals surface area contributed by atoms with E-state index < -0.39 is 0 Å². The van der Waals surface area contributed by atoms with Crippen molar-refractivity contribution in [1.29, 1.82) is 0 Å². The van der Waals surface area contributed by atoms with Crippen LogP contribution in [0.3, 0.4) is 0 Å². The van der Waals surface area contributed by atoms with E-state index in [1.54, 1.807) is 12.1 Å². The first kappa shape index (κ1) is 14.2. The number of aryl methyl sites for hydroxylation is 1. The normalized spacial score (nSPS) is 16.8. The van der Waals surface area contributed by atoms with Crippen LogP contribution in [-0.2, 0) is 13.0 Å². The Morgan fingerprint density at radius 3 is 2.70 bits per heavy atom. The lowest BCUT2D eigenvalue weighted by Gasteiger charge is -2.28. The Morgan fingerprint density at radius 1 is 1.00 bits per heavy atom. The first-order valence-electron chi connectivity index (χ1n) is 7.95. The van der Waals surface area contributed by atoms with Gasteiger partial charge in [-0.2, -0.15) is 0 Å². The maximum atomic E-state index is 12.9. The predicted molar refractivity (Wildman–Crippen MR) is 89.9 cm³/mol. The summed E-state index contributed by atoms with van der Waals surface area (Å²) in [7, 11) is 0. The van der Waals surface area contributed by atoms with E-state index in [0.717, 1.165) is 24.2 Å². The van der Waals surface area contributed by atoms with E-state index in [1.165, 1.54) is 28.5 Å². The predicted octanol–water partition coefficient (Wildman–Crippen LogP) is 4.42. The maximum Gasteiger partial charge on any atom is 0.150 e. The van der Waals surface area contributed by atoms with Gasteiger partial charge in [0, 0.05) is 18.5 Å². The van der Waals surface area contributed by atoms with E-state index in [0.29, 0.717) is 6.54 Å². The molecule has 116 valence electrons. The van der Waals surface area contributed by atoms with Crippen LogP contribution in [0.15, 0.2) is 60.7 Å². The number of benzene rings is 3. The van der Waals surface area contributed by atoms with Crippen molar-refractivity contribution in [3.8, 4) is 5.75 Å². The zero-order chi connectivity index (χ0) is 15.6. The van der Waals surface area contributed by atoms with E-state index in [1.807, 2.05) is 0 Å². The molecule has 3 aromatic carbocycles. The van der Waals surface area contributed by atoms with E-state index in [-0.39, 0.29) is 12.0 Å². The number of hydrogen-bond donors (Lipinski definition) is 1. The lowest BCUT2D eigenvalue weighted by molar-refractivity contribution is 0.137. The zero-order valence-corrected chi connectivity index (χ0v) is 12.8. The van der Waals surface area contributed by atoms with Crippen molar-refractivity contribution in [2.45, 2.75) is 25.6 Å². The number of nitrogens with one attached hydrogen (secondary N) is 1. The molecule has 3 aromatic rings. The Balaban J connectivity index is 1.48. The molecule has 0 aromatic heterocycles. The highest BCUT2D eigenvalue weighted by atomic mass is 19.1. The Labute approximate surface area is 134 Å². The van der Waals surface area contributed by atoms with Crippen molar-refractivity contribution in [3.05, 3.63) is 77.6 Å². The average molecular weight is 307 g/mol. The summed E-state index contributed by atoms with van der Waals surface area (Å²) in [6, 6.07) is 19.2. The molecule has 2 nitrogen and oxygen atoms in total. The summed E-state index contributed by atoms with van der Waals surface area (Å²) in [6.45, 7) is 0.674. The van der Waals surface area contributed by atoms with Gasteiger partial charge >= 0.3 is 0 Å². The molecule has 0 bridgehead atoms. The molecule has 1 unspecified atom stereocenters. The molecule has 0 saturated carbocycles. The highest BCUT2D eigenvalue weighted by Gasteiger charge is 2.20. The Kier molecular flexibility index (Phi) is 3.72. The van der Waals surface area contributed by atoms with Crippen LogP contribution in [0.25, 0.3) is 10.8 Å². The molecule has 1 aliphatic heterocycles. The Bertz CT molecular complexity index is 829. The number of halogens is 1. The van der Waals surface area contributed by atoms with E-state index in [9.17, 15) is 4.39 Å². The van der Waals surface area contributed by atoms with Crippen LogP contribution in [0, 0.1) is 5.82 Å². The molecule has 0 fully saturated rings. The molecule has 0 spiro atoms. The van der Waals surface area contributed by atoms with Gasteiger partial charge in [-0.15, -0.1) is 0 Å². The number of rotatable bonds is 3. The zero-order valence-electron chi connectivity index (χ0n) is 12.8. The monoisotopic (exact) mass is 307 g/mol. The molecule has 1 aliphatic rings. The highest BCUT2D eigenvalue weighted by Crippen LogP contribution is 2.33. The SMILES string of the molecule is Fc1ccc(CNC2CCc3c(ccc4ccccc34)O2)cc1. The lowest BCUT2D eigenvalue weighted by atomic mass is 9.97. The number of fused-ring (bicyclic) bond motifs is 3. The minimum absolute atomic E-state index is 0.00582. The van der Waals surface area contributed by atoms with Gasteiger partial charge in [-0.1, -0.05) is 42.5 Å². The molecule has 4 rings (SSSR count). The molecule has 1 atom stereocenters. The minimum atomic E-state index is -0.205. The Morgan fingerprint density at radius 2 is 1.83 bits per heavy atom. The molecule has 0 radical (unpaired) electrons. The van der Waals surface area contributed by atoms with Crippen LogP contribution in [-0.4, -0.2) is 6.23 Å². The molecule has 0 aliphatic carbocycles. The van der Waals surface area contributed by atoms with Crippen LogP contribution >= 0.6 is 0 Å². The quantitative estimate of drug-likeness (QED) is 0.773. The van der Waals surface area contributed by atoms with Gasteiger partial charge in [0.05, 0.1) is 0 Å². The standard InChI is InChI=1S/C20H18FNO/c21-16-8-5-14(6-9-16)13-22-20-12-10-18-17-4-2-1-3-15(17)7-11-19(18)23-20/h1-9,11,20,22H,10,12-13H2. The minimum Gasteiger partial charge on any atom is -0.475 e. The Hall–Kier alpha value is -2.39. The number of ether oxygens (including phenoxy) is 1. The van der Waals surface area contributed by atoms with Crippen LogP contribution in [0.4, 0.5) is 4.39 Å². The molecular weight excluding hydrogens is 289 g/mol. The summed E-state index contributed by atoms with van der Waals surface area (Å²) in [5.41, 5.74) is 2.35. The molecule has 1 heterocycles. The van der Waals surface area contributed by atoms with Crippen molar-refractivity contribution in [1.82, 2.24) is 5.32 Å². The van der Waals surface area contributed by atoms with Crippen molar-refractivity contribution in [2.24, 2.45) is 0 Å². The second-order valence-electron chi connectivity index (χ2n) is 5.92. The highest BCUT2D eigenvalue weighted by molar-refractivity contribution is 5.87. The maximum absolute atomic E-state index is 12.9. The topological polar surface area (TPSA) is 21.3 Å². The van der Waals surface area contributed by atoms with Gasteiger partial charge in [-0.3, -0.25) is 5.32 Å². The second-order valence-corrected chi connectivity index (χ2v) is 5.92. The van der Waals surface area contributed by atoms with Crippen LogP contribution in [0.5, 0.6) is 5.75 Å². The van der Waals surface area contributed by atoms with Gasteiger partial charge in [0.25, 0.3) is 0 Å². The smallest absolute Gasteiger partial charge is 0.150 e. The summed E-state index contributed by atoms with van der Waals surface area (Å²) in [5, 5.41) is 5.94. The fourth-order valence-corrected chi connectivity index (χ4v) is 3.15. The van der Waals surface area contributed by atoms with Gasteiger partial charge in [-0.25, -0.2) is 4.39 Å². The fraction of sp³-hybridized carbons (Fsp3) is 0.200.